The molecule has 1 atom stereocenters. The van der Waals surface area contributed by atoms with Crippen molar-refractivity contribution in [3.8, 4) is 11.1 Å². The number of carboxylic acid groups (broad SMARTS) is 1. The van der Waals surface area contributed by atoms with Crippen LogP contribution in [0.15, 0.2) is 61.2 Å². The monoisotopic (exact) mass is 478 g/mol. The molecule has 2 aromatic rings. The second-order valence-electron chi connectivity index (χ2n) is 9.22. The number of nitrogens with one attached hydrogen (secondary N) is 1. The molecule has 35 heavy (non-hydrogen) atoms. The summed E-state index contributed by atoms with van der Waals surface area (Å²) in [5, 5.41) is 11.5. The number of likely N-dealkylation sites (tertiary alicyclic amines) is 1. The average molecular weight is 479 g/mol. The summed E-state index contributed by atoms with van der Waals surface area (Å²) in [6, 6.07) is 15.4. The number of benzene rings is 2. The van der Waals surface area contributed by atoms with Crippen LogP contribution in [-0.2, 0) is 19.1 Å². The van der Waals surface area contributed by atoms with Crippen LogP contribution in [0.25, 0.3) is 11.1 Å². The van der Waals surface area contributed by atoms with E-state index in [2.05, 4.69) is 24.0 Å². The van der Waals surface area contributed by atoms with E-state index in [4.69, 9.17) is 14.6 Å². The van der Waals surface area contributed by atoms with Crippen molar-refractivity contribution in [1.82, 2.24) is 10.2 Å². The van der Waals surface area contributed by atoms with Gasteiger partial charge in [-0.05, 0) is 42.0 Å². The van der Waals surface area contributed by atoms with Crippen LogP contribution in [0.2, 0.25) is 0 Å². The van der Waals surface area contributed by atoms with E-state index in [9.17, 15) is 14.4 Å². The number of alkyl carbamates (subject to hydrolysis) is 1. The Labute approximate surface area is 204 Å². The van der Waals surface area contributed by atoms with E-state index in [1.807, 2.05) is 36.4 Å². The Morgan fingerprint density at radius 2 is 1.74 bits per heavy atom. The van der Waals surface area contributed by atoms with Gasteiger partial charge in [0.2, 0.25) is 5.91 Å². The zero-order valence-corrected chi connectivity index (χ0v) is 19.7. The summed E-state index contributed by atoms with van der Waals surface area (Å²) in [6.07, 6.45) is 1.96. The number of carboxylic acids is 1. The third kappa shape index (κ3) is 5.38. The van der Waals surface area contributed by atoms with Gasteiger partial charge >= 0.3 is 12.1 Å². The van der Waals surface area contributed by atoms with Gasteiger partial charge in [0.15, 0.2) is 0 Å². The van der Waals surface area contributed by atoms with Crippen LogP contribution < -0.4 is 5.32 Å². The number of ether oxygens (including phenoxy) is 2. The van der Waals surface area contributed by atoms with Crippen molar-refractivity contribution in [1.29, 1.82) is 0 Å². The number of carbonyl (C=O) groups is 3. The topological polar surface area (TPSA) is 105 Å². The van der Waals surface area contributed by atoms with Crippen LogP contribution in [0.1, 0.15) is 36.8 Å². The maximum Gasteiger partial charge on any atom is 0.407 e. The lowest BCUT2D eigenvalue weighted by atomic mass is 9.94. The van der Waals surface area contributed by atoms with Crippen molar-refractivity contribution in [2.24, 2.45) is 0 Å². The SMILES string of the molecule is C=CCCC(NC(=O)OCC1c2ccccc2-c2ccccc21)C(=O)N1CC(C)(OCC(=O)O)C1. The summed E-state index contributed by atoms with van der Waals surface area (Å²) >= 11 is 0. The number of nitrogens with zero attached hydrogens (tertiary/aromatic N) is 1. The minimum absolute atomic E-state index is 0.0713. The third-order valence-corrected chi connectivity index (χ3v) is 6.50. The van der Waals surface area contributed by atoms with Crippen molar-refractivity contribution in [2.75, 3.05) is 26.3 Å². The number of rotatable bonds is 10. The molecular weight excluding hydrogens is 448 g/mol. The molecule has 1 heterocycles. The fourth-order valence-electron chi connectivity index (χ4n) is 4.79. The molecule has 8 nitrogen and oxygen atoms in total. The van der Waals surface area contributed by atoms with Crippen LogP contribution in [0.3, 0.4) is 0 Å². The molecule has 1 aliphatic heterocycles. The van der Waals surface area contributed by atoms with E-state index in [-0.39, 0.29) is 31.5 Å². The standard InChI is InChI=1S/C27H30N2O6/c1-3-4-13-23(25(32)29-16-27(2,17-29)35-15-24(30)31)28-26(33)34-14-22-20-11-7-5-9-18(20)19-10-6-8-12-21(19)22/h3,5-12,22-23H,1,4,13-17H2,2H3,(H,28,33)(H,30,31). The van der Waals surface area contributed by atoms with Crippen molar-refractivity contribution in [3.63, 3.8) is 0 Å². The summed E-state index contributed by atoms with van der Waals surface area (Å²) < 4.78 is 11.0. The summed E-state index contributed by atoms with van der Waals surface area (Å²) in [7, 11) is 0. The van der Waals surface area contributed by atoms with Crippen molar-refractivity contribution < 1.29 is 29.0 Å². The number of allylic oxidation sites excluding steroid dienone is 1. The lowest BCUT2D eigenvalue weighted by Crippen LogP contribution is -2.66. The van der Waals surface area contributed by atoms with Gasteiger partial charge in [0, 0.05) is 5.92 Å². The minimum atomic E-state index is -1.06. The molecule has 2 aromatic carbocycles. The maximum atomic E-state index is 13.0. The second kappa shape index (κ2) is 10.3. The highest BCUT2D eigenvalue weighted by molar-refractivity contribution is 5.86. The molecule has 1 saturated heterocycles. The number of carbonyl (C=O) groups excluding carboxylic acids is 2. The Balaban J connectivity index is 1.36. The van der Waals surface area contributed by atoms with Gasteiger partial charge in [0.1, 0.15) is 24.9 Å². The Bertz CT molecular complexity index is 1080. The maximum absolute atomic E-state index is 13.0. The van der Waals surface area contributed by atoms with Crippen LogP contribution in [0, 0.1) is 0 Å². The zero-order valence-electron chi connectivity index (χ0n) is 19.7. The molecule has 1 aliphatic carbocycles. The number of amides is 2. The smallest absolute Gasteiger partial charge is 0.407 e. The molecule has 0 saturated carbocycles. The van der Waals surface area contributed by atoms with Gasteiger partial charge in [-0.2, -0.15) is 0 Å². The normalized spacial score (nSPS) is 16.4. The molecule has 8 heteroatoms. The Morgan fingerprint density at radius 1 is 1.14 bits per heavy atom. The number of hydrogen-bond acceptors (Lipinski definition) is 5. The molecule has 1 unspecified atom stereocenters. The highest BCUT2D eigenvalue weighted by atomic mass is 16.5. The molecule has 0 radical (unpaired) electrons. The van der Waals surface area contributed by atoms with E-state index in [1.165, 1.54) is 0 Å². The molecule has 1 fully saturated rings. The Hall–Kier alpha value is -3.65. The highest BCUT2D eigenvalue weighted by Crippen LogP contribution is 2.44. The van der Waals surface area contributed by atoms with Gasteiger partial charge in [-0.15, -0.1) is 6.58 Å². The van der Waals surface area contributed by atoms with E-state index in [1.54, 1.807) is 17.9 Å². The molecule has 2 amide bonds. The molecule has 0 spiro atoms. The first-order valence-electron chi connectivity index (χ1n) is 11.7. The van der Waals surface area contributed by atoms with Gasteiger partial charge in [-0.1, -0.05) is 54.6 Å². The second-order valence-corrected chi connectivity index (χ2v) is 9.22. The molecule has 184 valence electrons. The first-order valence-corrected chi connectivity index (χ1v) is 11.7. The molecule has 2 N–H and O–H groups in total. The first-order chi connectivity index (χ1) is 16.8. The Kier molecular flexibility index (Phi) is 7.21. The summed E-state index contributed by atoms with van der Waals surface area (Å²) in [5.41, 5.74) is 3.80. The van der Waals surface area contributed by atoms with Crippen LogP contribution in [-0.4, -0.2) is 65.9 Å². The largest absolute Gasteiger partial charge is 0.480 e. The van der Waals surface area contributed by atoms with E-state index in [0.29, 0.717) is 12.8 Å². The molecule has 0 bridgehead atoms. The fourth-order valence-corrected chi connectivity index (χ4v) is 4.79. The van der Waals surface area contributed by atoms with Crippen molar-refractivity contribution >= 4 is 18.0 Å². The predicted octanol–water partition coefficient (Wildman–Crippen LogP) is 3.56. The van der Waals surface area contributed by atoms with Gasteiger partial charge in [-0.3, -0.25) is 4.79 Å². The van der Waals surface area contributed by atoms with Gasteiger partial charge in [0.25, 0.3) is 0 Å². The van der Waals surface area contributed by atoms with E-state index < -0.39 is 30.3 Å². The molecular formula is C27H30N2O6. The van der Waals surface area contributed by atoms with Crippen LogP contribution >= 0.6 is 0 Å². The lowest BCUT2D eigenvalue weighted by Gasteiger charge is -2.48. The van der Waals surface area contributed by atoms with E-state index >= 15 is 0 Å². The average Bonchev–Trinajstić information content (AvgIpc) is 3.15. The third-order valence-electron chi connectivity index (χ3n) is 6.50. The predicted molar refractivity (Wildman–Crippen MR) is 130 cm³/mol. The van der Waals surface area contributed by atoms with Crippen LogP contribution in [0.5, 0.6) is 0 Å². The zero-order chi connectivity index (χ0) is 25.0. The quantitative estimate of drug-likeness (QED) is 0.506. The summed E-state index contributed by atoms with van der Waals surface area (Å²) in [6.45, 7) is 5.72. The Morgan fingerprint density at radius 3 is 2.31 bits per heavy atom. The number of hydrogen-bond donors (Lipinski definition) is 2. The lowest BCUT2D eigenvalue weighted by molar-refractivity contribution is -0.174. The summed E-state index contributed by atoms with van der Waals surface area (Å²) in [5.74, 6) is -1.38. The highest BCUT2D eigenvalue weighted by Gasteiger charge is 2.44. The number of aliphatic carboxylic acids is 1. The van der Waals surface area contributed by atoms with Gasteiger partial charge in [-0.25, -0.2) is 9.59 Å². The van der Waals surface area contributed by atoms with Crippen molar-refractivity contribution in [2.45, 2.75) is 37.3 Å². The minimum Gasteiger partial charge on any atom is -0.480 e. The van der Waals surface area contributed by atoms with Crippen molar-refractivity contribution in [3.05, 3.63) is 72.3 Å². The first kappa shape index (κ1) is 24.5. The van der Waals surface area contributed by atoms with Crippen LogP contribution in [0.4, 0.5) is 4.79 Å². The number of fused-ring (bicyclic) bond motifs is 3. The summed E-state index contributed by atoms with van der Waals surface area (Å²) in [4.78, 5) is 38.1. The molecule has 4 rings (SSSR count). The molecule has 2 aliphatic rings. The van der Waals surface area contributed by atoms with Gasteiger partial charge < -0.3 is 24.8 Å². The fraction of sp³-hybridized carbons (Fsp3) is 0.370. The molecule has 0 aromatic heterocycles. The van der Waals surface area contributed by atoms with Gasteiger partial charge in [0.05, 0.1) is 13.1 Å². The van der Waals surface area contributed by atoms with E-state index in [0.717, 1.165) is 22.3 Å².